The van der Waals surface area contributed by atoms with Crippen LogP contribution in [-0.4, -0.2) is 10.7 Å². The minimum Gasteiger partial charge on any atom is -0.313 e. The monoisotopic (exact) mass is 375 g/mol. The molecule has 0 unspecified atom stereocenters. The van der Waals surface area contributed by atoms with Crippen LogP contribution in [0.4, 0.5) is 0 Å². The molecule has 0 atom stereocenters. The predicted molar refractivity (Wildman–Crippen MR) is 119 cm³/mol. The van der Waals surface area contributed by atoms with Crippen LogP contribution < -0.4 is 0 Å². The van der Waals surface area contributed by atoms with Crippen LogP contribution in [0, 0.1) is 6.92 Å². The number of fused-ring (bicyclic) bond motifs is 3. The maximum atomic E-state index is 13.3. The van der Waals surface area contributed by atoms with Gasteiger partial charge in [-0.15, -0.1) is 0 Å². The van der Waals surface area contributed by atoms with E-state index in [1.54, 1.807) is 0 Å². The second-order valence-corrected chi connectivity index (χ2v) is 7.45. The highest BCUT2D eigenvalue weighted by Crippen LogP contribution is 2.42. The van der Waals surface area contributed by atoms with Gasteiger partial charge in [0.05, 0.1) is 11.4 Å². The number of carbonyl (C=O) groups is 1. The van der Waals surface area contributed by atoms with Gasteiger partial charge in [-0.1, -0.05) is 90.5 Å². The lowest BCUT2D eigenvalue weighted by Crippen LogP contribution is -2.27. The van der Waals surface area contributed by atoms with Crippen molar-refractivity contribution in [3.8, 4) is 0 Å². The number of rotatable bonds is 3. The summed E-state index contributed by atoms with van der Waals surface area (Å²) in [5.74, 6) is 0.0510. The Morgan fingerprint density at radius 2 is 1.59 bits per heavy atom. The molecule has 0 amide bonds. The van der Waals surface area contributed by atoms with Crippen LogP contribution in [0.3, 0.4) is 0 Å². The maximum Gasteiger partial charge on any atom is 0.209 e. The maximum absolute atomic E-state index is 13.3. The van der Waals surface area contributed by atoms with Crippen LogP contribution in [0.15, 0.2) is 96.8 Å². The van der Waals surface area contributed by atoms with Gasteiger partial charge >= 0.3 is 0 Å². The highest BCUT2D eigenvalue weighted by Gasteiger charge is 2.30. The number of allylic oxidation sites excluding steroid dienone is 3. The summed E-state index contributed by atoms with van der Waals surface area (Å²) in [7, 11) is 0. The number of Topliss-reactive ketones (excluding diaryl/α,β-unsaturated/α-hetero) is 1. The van der Waals surface area contributed by atoms with Crippen molar-refractivity contribution in [2.75, 3.05) is 0 Å². The average Bonchev–Trinajstić information content (AvgIpc) is 2.79. The summed E-state index contributed by atoms with van der Waals surface area (Å²) in [6, 6.07) is 26.5. The molecule has 3 aromatic carbocycles. The molecule has 0 radical (unpaired) electrons. The third kappa shape index (κ3) is 3.03. The van der Waals surface area contributed by atoms with Crippen molar-refractivity contribution in [1.82, 2.24) is 4.90 Å². The Kier molecular flexibility index (Phi) is 4.25. The molecule has 0 aliphatic carbocycles. The normalized spacial score (nSPS) is 14.9. The summed E-state index contributed by atoms with van der Waals surface area (Å²) in [6.45, 7) is 2.10. The molecular formula is C27H21NO. The summed E-state index contributed by atoms with van der Waals surface area (Å²) in [4.78, 5) is 15.4. The van der Waals surface area contributed by atoms with Gasteiger partial charge < -0.3 is 4.90 Å². The summed E-state index contributed by atoms with van der Waals surface area (Å²) >= 11 is 0. The molecule has 0 saturated heterocycles. The Morgan fingerprint density at radius 3 is 2.38 bits per heavy atom. The fourth-order valence-corrected chi connectivity index (χ4v) is 4.07. The number of nitrogens with zero attached hydrogens (tertiary/aromatic N) is 1. The van der Waals surface area contributed by atoms with Crippen molar-refractivity contribution < 1.29 is 4.79 Å². The highest BCUT2D eigenvalue weighted by molar-refractivity contribution is 6.12. The standard InChI is InChI=1S/C27H21NO/c1-19-11-13-21(14-12-19)24-15-16-25(27(29)22-8-3-2-4-9-22)28-18-17-20-7-5-6-10-23(20)26(24)28/h2-14,16-18H,15H2,1H3. The van der Waals surface area contributed by atoms with E-state index in [0.717, 1.165) is 17.7 Å². The van der Waals surface area contributed by atoms with Crippen molar-refractivity contribution in [2.24, 2.45) is 0 Å². The van der Waals surface area contributed by atoms with E-state index in [4.69, 9.17) is 0 Å². The van der Waals surface area contributed by atoms with Gasteiger partial charge in [-0.25, -0.2) is 0 Å². The molecule has 0 aromatic heterocycles. The van der Waals surface area contributed by atoms with Crippen LogP contribution in [0.1, 0.15) is 39.0 Å². The molecule has 3 aromatic rings. The molecule has 29 heavy (non-hydrogen) atoms. The van der Waals surface area contributed by atoms with E-state index in [9.17, 15) is 4.79 Å². The smallest absolute Gasteiger partial charge is 0.209 e. The lowest BCUT2D eigenvalue weighted by atomic mass is 9.87. The molecule has 2 aliphatic rings. The van der Waals surface area contributed by atoms with Gasteiger partial charge in [0.25, 0.3) is 0 Å². The second kappa shape index (κ2) is 7.06. The van der Waals surface area contributed by atoms with Gasteiger partial charge in [0.15, 0.2) is 0 Å². The summed E-state index contributed by atoms with van der Waals surface area (Å²) in [6.07, 6.45) is 6.90. The molecule has 0 bridgehead atoms. The number of benzene rings is 3. The molecule has 2 heteroatoms. The largest absolute Gasteiger partial charge is 0.313 e. The number of ketones is 1. The SMILES string of the molecule is Cc1ccc(C2=C3c4ccccc4C=CN3C(C(=O)c3ccccc3)=CC2)cc1. The summed E-state index contributed by atoms with van der Waals surface area (Å²) in [5, 5.41) is 0. The molecule has 0 fully saturated rings. The van der Waals surface area contributed by atoms with Crippen LogP contribution in [0.5, 0.6) is 0 Å². The van der Waals surface area contributed by atoms with E-state index in [1.807, 2.05) is 36.5 Å². The van der Waals surface area contributed by atoms with Crippen LogP contribution in [-0.2, 0) is 0 Å². The van der Waals surface area contributed by atoms with Gasteiger partial charge in [0.2, 0.25) is 5.78 Å². The van der Waals surface area contributed by atoms with Gasteiger partial charge in [-0.05, 0) is 36.1 Å². The molecule has 2 heterocycles. The quantitative estimate of drug-likeness (QED) is 0.499. The van der Waals surface area contributed by atoms with E-state index < -0.39 is 0 Å². The van der Waals surface area contributed by atoms with Crippen molar-refractivity contribution in [1.29, 1.82) is 0 Å². The van der Waals surface area contributed by atoms with Gasteiger partial charge in [-0.3, -0.25) is 4.79 Å². The first-order valence-corrected chi connectivity index (χ1v) is 9.89. The molecule has 5 rings (SSSR count). The lowest BCUT2D eigenvalue weighted by Gasteiger charge is -2.35. The van der Waals surface area contributed by atoms with Gasteiger partial charge in [0, 0.05) is 17.3 Å². The van der Waals surface area contributed by atoms with Gasteiger partial charge in [-0.2, -0.15) is 0 Å². The minimum atomic E-state index is 0.0510. The first kappa shape index (κ1) is 17.4. The molecular weight excluding hydrogens is 354 g/mol. The van der Waals surface area contributed by atoms with Crippen molar-refractivity contribution in [2.45, 2.75) is 13.3 Å². The fraction of sp³-hybridized carbons (Fsp3) is 0.0741. The number of hydrogen-bond donors (Lipinski definition) is 0. The van der Waals surface area contributed by atoms with E-state index >= 15 is 0 Å². The Morgan fingerprint density at radius 1 is 0.862 bits per heavy atom. The number of hydrogen-bond acceptors (Lipinski definition) is 2. The molecule has 0 spiro atoms. The molecule has 140 valence electrons. The summed E-state index contributed by atoms with van der Waals surface area (Å²) < 4.78 is 0. The zero-order valence-corrected chi connectivity index (χ0v) is 16.3. The topological polar surface area (TPSA) is 20.3 Å². The van der Waals surface area contributed by atoms with Crippen molar-refractivity contribution in [3.63, 3.8) is 0 Å². The van der Waals surface area contributed by atoms with Crippen LogP contribution >= 0.6 is 0 Å². The minimum absolute atomic E-state index is 0.0510. The van der Waals surface area contributed by atoms with Crippen LogP contribution in [0.2, 0.25) is 0 Å². The number of aryl methyl sites for hydroxylation is 1. The van der Waals surface area contributed by atoms with E-state index in [0.29, 0.717) is 11.3 Å². The van der Waals surface area contributed by atoms with Gasteiger partial charge in [0.1, 0.15) is 0 Å². The number of carbonyl (C=O) groups excluding carboxylic acids is 1. The molecule has 0 N–H and O–H groups in total. The zero-order chi connectivity index (χ0) is 19.8. The highest BCUT2D eigenvalue weighted by atomic mass is 16.1. The van der Waals surface area contributed by atoms with Crippen LogP contribution in [0.25, 0.3) is 17.3 Å². The Hall–Kier alpha value is -3.65. The van der Waals surface area contributed by atoms with Crippen molar-refractivity contribution >= 4 is 23.1 Å². The predicted octanol–water partition coefficient (Wildman–Crippen LogP) is 6.32. The van der Waals surface area contributed by atoms with Crippen molar-refractivity contribution in [3.05, 3.63) is 125 Å². The average molecular weight is 375 g/mol. The third-order valence-corrected chi connectivity index (χ3v) is 5.57. The summed E-state index contributed by atoms with van der Waals surface area (Å²) in [5.41, 5.74) is 8.56. The molecule has 0 saturated carbocycles. The Balaban J connectivity index is 1.66. The first-order valence-electron chi connectivity index (χ1n) is 9.89. The fourth-order valence-electron chi connectivity index (χ4n) is 4.07. The zero-order valence-electron chi connectivity index (χ0n) is 16.3. The second-order valence-electron chi connectivity index (χ2n) is 7.45. The third-order valence-electron chi connectivity index (χ3n) is 5.57. The Labute approximate surface area is 171 Å². The molecule has 2 nitrogen and oxygen atoms in total. The lowest BCUT2D eigenvalue weighted by molar-refractivity contribution is 0.101. The van der Waals surface area contributed by atoms with E-state index in [-0.39, 0.29) is 5.78 Å². The first-order chi connectivity index (χ1) is 14.2. The molecule has 2 aliphatic heterocycles. The van der Waals surface area contributed by atoms with E-state index in [2.05, 4.69) is 72.5 Å². The van der Waals surface area contributed by atoms with E-state index in [1.165, 1.54) is 22.3 Å². The Bertz CT molecular complexity index is 1180.